The summed E-state index contributed by atoms with van der Waals surface area (Å²) in [6.07, 6.45) is 0. The fourth-order valence-corrected chi connectivity index (χ4v) is 2.89. The third-order valence-electron chi connectivity index (χ3n) is 4.36. The Bertz CT molecular complexity index is 806. The van der Waals surface area contributed by atoms with Crippen LogP contribution in [0.4, 0.5) is 0 Å². The largest absolute Gasteiger partial charge is 0.483 e. The Morgan fingerprint density at radius 2 is 1.81 bits per heavy atom. The number of nitrogens with zero attached hydrogens (tertiary/aromatic N) is 1. The van der Waals surface area contributed by atoms with Gasteiger partial charge in [0.05, 0.1) is 0 Å². The second kappa shape index (κ2) is 9.42. The van der Waals surface area contributed by atoms with E-state index in [-0.39, 0.29) is 18.4 Å². The standard InChI is InChI=1S/C21H25ClN2O3/c1-14-5-10-19(15(2)11-14)27-13-20(25)24(16(3)21(26)23-4)12-17-6-8-18(22)9-7-17/h5-11,16H,12-13H2,1-4H3,(H,23,26). The molecule has 0 spiro atoms. The Morgan fingerprint density at radius 1 is 1.15 bits per heavy atom. The van der Waals surface area contributed by atoms with Crippen LogP contribution in [0, 0.1) is 13.8 Å². The van der Waals surface area contributed by atoms with Crippen LogP contribution < -0.4 is 10.1 Å². The molecule has 1 unspecified atom stereocenters. The summed E-state index contributed by atoms with van der Waals surface area (Å²) in [6, 6.07) is 12.4. The Labute approximate surface area is 165 Å². The Hall–Kier alpha value is -2.53. The lowest BCUT2D eigenvalue weighted by atomic mass is 10.1. The van der Waals surface area contributed by atoms with Crippen molar-refractivity contribution in [3.8, 4) is 5.75 Å². The summed E-state index contributed by atoms with van der Waals surface area (Å²) in [7, 11) is 1.55. The molecule has 0 bridgehead atoms. The molecule has 0 heterocycles. The van der Waals surface area contributed by atoms with Gasteiger partial charge in [-0.3, -0.25) is 9.59 Å². The van der Waals surface area contributed by atoms with E-state index in [9.17, 15) is 9.59 Å². The molecule has 2 amide bonds. The van der Waals surface area contributed by atoms with Crippen LogP contribution in [0.25, 0.3) is 0 Å². The van der Waals surface area contributed by atoms with Gasteiger partial charge in [-0.05, 0) is 50.1 Å². The fraction of sp³-hybridized carbons (Fsp3) is 0.333. The van der Waals surface area contributed by atoms with E-state index in [4.69, 9.17) is 16.3 Å². The number of hydrogen-bond acceptors (Lipinski definition) is 3. The summed E-state index contributed by atoms with van der Waals surface area (Å²) >= 11 is 5.92. The van der Waals surface area contributed by atoms with E-state index in [0.29, 0.717) is 17.3 Å². The minimum atomic E-state index is -0.624. The number of carbonyl (C=O) groups excluding carboxylic acids is 2. The highest BCUT2D eigenvalue weighted by Crippen LogP contribution is 2.19. The van der Waals surface area contributed by atoms with E-state index in [0.717, 1.165) is 16.7 Å². The molecule has 0 aliphatic rings. The lowest BCUT2D eigenvalue weighted by Crippen LogP contribution is -2.48. The first kappa shape index (κ1) is 20.8. The predicted molar refractivity (Wildman–Crippen MR) is 107 cm³/mol. The van der Waals surface area contributed by atoms with Crippen molar-refractivity contribution in [1.29, 1.82) is 0 Å². The molecule has 1 atom stereocenters. The number of nitrogens with one attached hydrogen (secondary N) is 1. The number of carbonyl (C=O) groups is 2. The van der Waals surface area contributed by atoms with Crippen molar-refractivity contribution < 1.29 is 14.3 Å². The van der Waals surface area contributed by atoms with Crippen molar-refractivity contribution in [3.05, 3.63) is 64.2 Å². The normalized spacial score (nSPS) is 11.6. The number of rotatable bonds is 7. The lowest BCUT2D eigenvalue weighted by molar-refractivity contribution is -0.142. The van der Waals surface area contributed by atoms with Gasteiger partial charge in [-0.15, -0.1) is 0 Å². The molecule has 0 saturated carbocycles. The zero-order valence-electron chi connectivity index (χ0n) is 16.1. The lowest BCUT2D eigenvalue weighted by Gasteiger charge is -2.28. The SMILES string of the molecule is CNC(=O)C(C)N(Cc1ccc(Cl)cc1)C(=O)COc1ccc(C)cc1C. The van der Waals surface area contributed by atoms with Gasteiger partial charge in [0.2, 0.25) is 5.91 Å². The molecule has 1 N–H and O–H groups in total. The van der Waals surface area contributed by atoms with E-state index in [1.54, 1.807) is 26.1 Å². The quantitative estimate of drug-likeness (QED) is 0.789. The van der Waals surface area contributed by atoms with Crippen LogP contribution in [-0.4, -0.2) is 36.4 Å². The van der Waals surface area contributed by atoms with E-state index in [2.05, 4.69) is 5.32 Å². The molecule has 0 fully saturated rings. The summed E-state index contributed by atoms with van der Waals surface area (Å²) in [5.41, 5.74) is 2.98. The van der Waals surface area contributed by atoms with E-state index < -0.39 is 6.04 Å². The van der Waals surface area contributed by atoms with Crippen LogP contribution in [0.1, 0.15) is 23.6 Å². The molecule has 0 saturated heterocycles. The van der Waals surface area contributed by atoms with Crippen molar-refractivity contribution in [2.75, 3.05) is 13.7 Å². The molecular weight excluding hydrogens is 364 g/mol. The van der Waals surface area contributed by atoms with Gasteiger partial charge in [-0.1, -0.05) is 41.4 Å². The number of ether oxygens (including phenoxy) is 1. The summed E-state index contributed by atoms with van der Waals surface area (Å²) in [4.78, 5) is 26.4. The smallest absolute Gasteiger partial charge is 0.261 e. The van der Waals surface area contributed by atoms with Gasteiger partial charge in [-0.25, -0.2) is 0 Å². The number of aryl methyl sites for hydroxylation is 2. The third-order valence-corrected chi connectivity index (χ3v) is 4.61. The van der Waals surface area contributed by atoms with Crippen LogP contribution in [0.2, 0.25) is 5.02 Å². The van der Waals surface area contributed by atoms with Crippen molar-refractivity contribution in [2.45, 2.75) is 33.4 Å². The maximum absolute atomic E-state index is 12.8. The molecule has 6 heteroatoms. The maximum Gasteiger partial charge on any atom is 0.261 e. The molecule has 0 radical (unpaired) electrons. The highest BCUT2D eigenvalue weighted by Gasteiger charge is 2.26. The zero-order chi connectivity index (χ0) is 20.0. The molecule has 27 heavy (non-hydrogen) atoms. The average Bonchev–Trinajstić information content (AvgIpc) is 2.65. The van der Waals surface area contributed by atoms with E-state index in [1.807, 2.05) is 44.2 Å². The van der Waals surface area contributed by atoms with Gasteiger partial charge in [0, 0.05) is 18.6 Å². The average molecular weight is 389 g/mol. The molecule has 5 nitrogen and oxygen atoms in total. The summed E-state index contributed by atoms with van der Waals surface area (Å²) in [5, 5.41) is 3.21. The molecule has 144 valence electrons. The van der Waals surface area contributed by atoms with Crippen LogP contribution in [-0.2, 0) is 16.1 Å². The summed E-state index contributed by atoms with van der Waals surface area (Å²) in [6.45, 7) is 5.79. The summed E-state index contributed by atoms with van der Waals surface area (Å²) < 4.78 is 5.71. The topological polar surface area (TPSA) is 58.6 Å². The van der Waals surface area contributed by atoms with E-state index in [1.165, 1.54) is 4.90 Å². The molecule has 2 aromatic carbocycles. The van der Waals surface area contributed by atoms with Crippen molar-refractivity contribution in [1.82, 2.24) is 10.2 Å². The van der Waals surface area contributed by atoms with Gasteiger partial charge in [0.1, 0.15) is 11.8 Å². The van der Waals surface area contributed by atoms with Gasteiger partial charge < -0.3 is 15.0 Å². The number of hydrogen-bond donors (Lipinski definition) is 1. The number of amides is 2. The molecule has 0 aliphatic carbocycles. The van der Waals surface area contributed by atoms with Crippen molar-refractivity contribution >= 4 is 23.4 Å². The van der Waals surface area contributed by atoms with Crippen molar-refractivity contribution in [2.24, 2.45) is 0 Å². The molecule has 2 aromatic rings. The van der Waals surface area contributed by atoms with Crippen molar-refractivity contribution in [3.63, 3.8) is 0 Å². The monoisotopic (exact) mass is 388 g/mol. The van der Waals surface area contributed by atoms with Gasteiger partial charge in [-0.2, -0.15) is 0 Å². The van der Waals surface area contributed by atoms with Gasteiger partial charge in [0.15, 0.2) is 6.61 Å². The number of likely N-dealkylation sites (N-methyl/N-ethyl adjacent to an activating group) is 1. The van der Waals surface area contributed by atoms with Crippen LogP contribution in [0.15, 0.2) is 42.5 Å². The molecule has 0 aromatic heterocycles. The highest BCUT2D eigenvalue weighted by molar-refractivity contribution is 6.30. The summed E-state index contributed by atoms with van der Waals surface area (Å²) in [5.74, 6) is 0.165. The second-order valence-electron chi connectivity index (χ2n) is 6.50. The number of benzene rings is 2. The van der Waals surface area contributed by atoms with Crippen LogP contribution in [0.3, 0.4) is 0 Å². The third kappa shape index (κ3) is 5.73. The Kier molecular flexibility index (Phi) is 7.25. The Morgan fingerprint density at radius 3 is 2.41 bits per heavy atom. The Balaban J connectivity index is 2.14. The van der Waals surface area contributed by atoms with E-state index >= 15 is 0 Å². The van der Waals surface area contributed by atoms with Gasteiger partial charge in [0.25, 0.3) is 5.91 Å². The minimum Gasteiger partial charge on any atom is -0.483 e. The molecular formula is C21H25ClN2O3. The predicted octanol–water partition coefficient (Wildman–Crippen LogP) is 3.50. The first-order chi connectivity index (χ1) is 12.8. The second-order valence-corrected chi connectivity index (χ2v) is 6.93. The van der Waals surface area contributed by atoms with Gasteiger partial charge >= 0.3 is 0 Å². The van der Waals surface area contributed by atoms with Crippen LogP contribution >= 0.6 is 11.6 Å². The maximum atomic E-state index is 12.8. The first-order valence-electron chi connectivity index (χ1n) is 8.77. The molecule has 2 rings (SSSR count). The fourth-order valence-electron chi connectivity index (χ4n) is 2.76. The van der Waals surface area contributed by atoms with Crippen LogP contribution in [0.5, 0.6) is 5.75 Å². The zero-order valence-corrected chi connectivity index (χ0v) is 16.8. The highest BCUT2D eigenvalue weighted by atomic mass is 35.5. The first-order valence-corrected chi connectivity index (χ1v) is 9.15. The number of halogens is 1. The minimum absolute atomic E-state index is 0.140. The molecule has 0 aliphatic heterocycles.